The van der Waals surface area contributed by atoms with Crippen molar-refractivity contribution in [1.29, 1.82) is 0 Å². The van der Waals surface area contributed by atoms with Gasteiger partial charge in [-0.25, -0.2) is 0 Å². The Bertz CT molecular complexity index is 53.3. The van der Waals surface area contributed by atoms with Crippen LogP contribution in [-0.2, 0) is 4.43 Å². The molecule has 0 amide bonds. The molecule has 0 aromatic rings. The molecular formula is C4H12O2SSi. The second kappa shape index (κ2) is 5.62. The molecule has 0 radical (unpaired) electrons. The highest BCUT2D eigenvalue weighted by molar-refractivity contribution is 7.80. The molecule has 0 aliphatic rings. The van der Waals surface area contributed by atoms with Gasteiger partial charge >= 0.3 is 9.28 Å². The molecule has 0 rings (SSSR count). The van der Waals surface area contributed by atoms with Gasteiger partial charge in [0, 0.05) is 7.11 Å². The summed E-state index contributed by atoms with van der Waals surface area (Å²) in [6.45, 7) is 0. The normalized spacial score (nSPS) is 13.9. The fourth-order valence-corrected chi connectivity index (χ4v) is 1.70. The van der Waals surface area contributed by atoms with Crippen molar-refractivity contribution in [3.8, 4) is 0 Å². The Morgan fingerprint density at radius 1 is 1.75 bits per heavy atom. The van der Waals surface area contributed by atoms with Crippen LogP contribution in [0, 0.1) is 0 Å². The quantitative estimate of drug-likeness (QED) is 0.444. The average molecular weight is 152 g/mol. The molecular weight excluding hydrogens is 140 g/mol. The van der Waals surface area contributed by atoms with Gasteiger partial charge in [0.1, 0.15) is 0 Å². The van der Waals surface area contributed by atoms with E-state index in [1.54, 1.807) is 7.11 Å². The molecule has 0 spiro atoms. The van der Waals surface area contributed by atoms with Gasteiger partial charge in [-0.05, 0) is 18.2 Å². The van der Waals surface area contributed by atoms with Crippen molar-refractivity contribution in [2.45, 2.75) is 12.5 Å². The summed E-state index contributed by atoms with van der Waals surface area (Å²) in [5.41, 5.74) is 0. The van der Waals surface area contributed by atoms with Crippen molar-refractivity contribution < 1.29 is 9.22 Å². The van der Waals surface area contributed by atoms with Crippen molar-refractivity contribution in [3.63, 3.8) is 0 Å². The number of rotatable bonds is 4. The van der Waals surface area contributed by atoms with Crippen LogP contribution in [0.15, 0.2) is 0 Å². The topological polar surface area (TPSA) is 29.5 Å². The first-order chi connectivity index (χ1) is 3.81. The fraction of sp³-hybridized carbons (Fsp3) is 1.00. The third-order valence-corrected chi connectivity index (χ3v) is 2.64. The summed E-state index contributed by atoms with van der Waals surface area (Å²) in [5, 5.41) is 0. The monoisotopic (exact) mass is 152 g/mol. The van der Waals surface area contributed by atoms with Gasteiger partial charge in [-0.2, -0.15) is 12.6 Å². The molecule has 1 atom stereocenters. The number of hydrogen-bond donors (Lipinski definition) is 2. The summed E-state index contributed by atoms with van der Waals surface area (Å²) in [7, 11) is -0.197. The van der Waals surface area contributed by atoms with Crippen molar-refractivity contribution in [2.24, 2.45) is 0 Å². The van der Waals surface area contributed by atoms with Crippen LogP contribution in [0.3, 0.4) is 0 Å². The van der Waals surface area contributed by atoms with Crippen LogP contribution in [-0.4, -0.2) is 26.9 Å². The number of thiol groups is 1. The van der Waals surface area contributed by atoms with Crippen LogP contribution in [0.25, 0.3) is 0 Å². The molecule has 0 aliphatic carbocycles. The highest BCUT2D eigenvalue weighted by atomic mass is 32.1. The van der Waals surface area contributed by atoms with Gasteiger partial charge in [0.2, 0.25) is 0 Å². The van der Waals surface area contributed by atoms with E-state index in [1.807, 2.05) is 0 Å². The summed E-state index contributed by atoms with van der Waals surface area (Å²) in [5.74, 6) is 0.841. The molecule has 0 fully saturated rings. The Balaban J connectivity index is 2.86. The van der Waals surface area contributed by atoms with E-state index in [0.29, 0.717) is 0 Å². The van der Waals surface area contributed by atoms with E-state index in [1.165, 1.54) is 0 Å². The SMILES string of the molecule is CO[SiH](O)CCCS. The Kier molecular flexibility index (Phi) is 5.96. The third-order valence-electron chi connectivity index (χ3n) is 0.881. The Labute approximate surface area is 57.1 Å². The molecule has 2 nitrogen and oxygen atoms in total. The van der Waals surface area contributed by atoms with Crippen molar-refractivity contribution in [2.75, 3.05) is 12.9 Å². The second-order valence-corrected chi connectivity index (χ2v) is 3.96. The zero-order valence-corrected chi connectivity index (χ0v) is 7.05. The van der Waals surface area contributed by atoms with E-state index in [9.17, 15) is 0 Å². The first-order valence-corrected chi connectivity index (χ1v) is 5.06. The molecule has 0 saturated heterocycles. The predicted octanol–water partition coefficient (Wildman–Crippen LogP) is 0.165. The van der Waals surface area contributed by atoms with E-state index in [2.05, 4.69) is 12.6 Å². The van der Waals surface area contributed by atoms with E-state index in [-0.39, 0.29) is 0 Å². The summed E-state index contributed by atoms with van der Waals surface area (Å²) in [6, 6.07) is 0.819. The van der Waals surface area contributed by atoms with Gasteiger partial charge in [0.15, 0.2) is 0 Å². The van der Waals surface area contributed by atoms with Crippen LogP contribution in [0.5, 0.6) is 0 Å². The van der Waals surface area contributed by atoms with Gasteiger partial charge in [0.25, 0.3) is 0 Å². The predicted molar refractivity (Wildman–Crippen MR) is 39.7 cm³/mol. The second-order valence-electron chi connectivity index (χ2n) is 1.56. The van der Waals surface area contributed by atoms with Gasteiger partial charge in [-0.1, -0.05) is 0 Å². The average Bonchev–Trinajstić information content (AvgIpc) is 1.83. The lowest BCUT2D eigenvalue weighted by Crippen LogP contribution is -2.14. The van der Waals surface area contributed by atoms with Crippen molar-refractivity contribution >= 4 is 21.9 Å². The molecule has 0 bridgehead atoms. The first-order valence-electron chi connectivity index (χ1n) is 2.63. The van der Waals surface area contributed by atoms with Crippen LogP contribution in [0.1, 0.15) is 6.42 Å². The summed E-state index contributed by atoms with van der Waals surface area (Å²) >= 11 is 3.99. The fourth-order valence-electron chi connectivity index (χ4n) is 0.384. The van der Waals surface area contributed by atoms with Gasteiger partial charge in [0.05, 0.1) is 0 Å². The van der Waals surface area contributed by atoms with Crippen molar-refractivity contribution in [3.05, 3.63) is 0 Å². The molecule has 0 aliphatic heterocycles. The molecule has 0 saturated carbocycles. The Morgan fingerprint density at radius 3 is 2.75 bits per heavy atom. The molecule has 0 heterocycles. The molecule has 0 aromatic carbocycles. The van der Waals surface area contributed by atoms with E-state index >= 15 is 0 Å². The highest BCUT2D eigenvalue weighted by Gasteiger charge is 2.02. The van der Waals surface area contributed by atoms with Crippen LogP contribution in [0.2, 0.25) is 6.04 Å². The smallest absolute Gasteiger partial charge is 0.318 e. The van der Waals surface area contributed by atoms with Crippen molar-refractivity contribution in [1.82, 2.24) is 0 Å². The molecule has 1 N–H and O–H groups in total. The maximum absolute atomic E-state index is 8.87. The molecule has 4 heteroatoms. The van der Waals surface area contributed by atoms with Gasteiger partial charge in [-0.3, -0.25) is 0 Å². The minimum atomic E-state index is -1.75. The summed E-state index contributed by atoms with van der Waals surface area (Å²) in [6.07, 6.45) is 0.963. The molecule has 50 valence electrons. The van der Waals surface area contributed by atoms with E-state index < -0.39 is 9.28 Å². The summed E-state index contributed by atoms with van der Waals surface area (Å²) in [4.78, 5) is 8.87. The van der Waals surface area contributed by atoms with Crippen LogP contribution >= 0.6 is 12.6 Å². The van der Waals surface area contributed by atoms with E-state index in [4.69, 9.17) is 9.22 Å². The molecule has 0 aromatic heterocycles. The van der Waals surface area contributed by atoms with E-state index in [0.717, 1.165) is 18.2 Å². The van der Waals surface area contributed by atoms with Gasteiger partial charge in [-0.15, -0.1) is 0 Å². The number of hydrogen-bond acceptors (Lipinski definition) is 3. The van der Waals surface area contributed by atoms with Crippen LogP contribution < -0.4 is 0 Å². The maximum Gasteiger partial charge on any atom is 0.318 e. The zero-order chi connectivity index (χ0) is 6.41. The highest BCUT2D eigenvalue weighted by Crippen LogP contribution is 1.95. The molecule has 1 unspecified atom stereocenters. The largest absolute Gasteiger partial charge is 0.413 e. The first kappa shape index (κ1) is 8.49. The third kappa shape index (κ3) is 4.64. The molecule has 8 heavy (non-hydrogen) atoms. The zero-order valence-electron chi connectivity index (χ0n) is 5.00. The minimum Gasteiger partial charge on any atom is -0.413 e. The summed E-state index contributed by atoms with van der Waals surface area (Å²) < 4.78 is 4.71. The lowest BCUT2D eigenvalue weighted by molar-refractivity contribution is 0.325. The van der Waals surface area contributed by atoms with Gasteiger partial charge < -0.3 is 9.22 Å². The van der Waals surface area contributed by atoms with Crippen LogP contribution in [0.4, 0.5) is 0 Å². The Hall–Kier alpha value is 0.487. The maximum atomic E-state index is 8.87. The lowest BCUT2D eigenvalue weighted by atomic mass is 10.6. The minimum absolute atomic E-state index is 0.819. The standard InChI is InChI=1S/C4H12O2SSi/c1-6-8(5)4-2-3-7/h5,7-8H,2-4H2,1H3. The Morgan fingerprint density at radius 2 is 2.38 bits per heavy atom. The lowest BCUT2D eigenvalue weighted by Gasteiger charge is -2.01.